The zero-order valence-corrected chi connectivity index (χ0v) is 16.5. The first kappa shape index (κ1) is 20.4. The van der Waals surface area contributed by atoms with Crippen molar-refractivity contribution in [1.82, 2.24) is 0 Å². The van der Waals surface area contributed by atoms with E-state index in [0.717, 1.165) is 17.7 Å². The molecule has 152 valence electrons. The lowest BCUT2D eigenvalue weighted by molar-refractivity contribution is -0.139. The minimum absolute atomic E-state index is 0.0662. The van der Waals surface area contributed by atoms with Crippen molar-refractivity contribution in [3.63, 3.8) is 0 Å². The number of hydrogen-bond donors (Lipinski definition) is 2. The van der Waals surface area contributed by atoms with Gasteiger partial charge in [-0.3, -0.25) is 9.59 Å². The van der Waals surface area contributed by atoms with E-state index in [1.165, 1.54) is 5.56 Å². The Labute approximate surface area is 169 Å². The molecule has 1 heterocycles. The third-order valence-corrected chi connectivity index (χ3v) is 4.97. The third-order valence-electron chi connectivity index (χ3n) is 4.97. The molecule has 0 aliphatic carbocycles. The van der Waals surface area contributed by atoms with Gasteiger partial charge in [0.25, 0.3) is 0 Å². The first-order chi connectivity index (χ1) is 13.9. The third kappa shape index (κ3) is 4.93. The first-order valence-electron chi connectivity index (χ1n) is 9.52. The summed E-state index contributed by atoms with van der Waals surface area (Å²) < 4.78 is 5.14. The molecule has 2 aromatic rings. The highest BCUT2D eigenvalue weighted by Gasteiger charge is 2.35. The van der Waals surface area contributed by atoms with E-state index in [0.29, 0.717) is 18.0 Å². The molecule has 7 nitrogen and oxygen atoms in total. The molecule has 2 amide bonds. The normalized spacial score (nSPS) is 16.0. The van der Waals surface area contributed by atoms with Crippen LogP contribution in [-0.2, 0) is 20.8 Å². The van der Waals surface area contributed by atoms with Crippen LogP contribution >= 0.6 is 0 Å². The Bertz CT molecular complexity index is 923. The Morgan fingerprint density at radius 3 is 2.55 bits per heavy atom. The first-order valence-corrected chi connectivity index (χ1v) is 9.52. The molecule has 2 aromatic carbocycles. The highest BCUT2D eigenvalue weighted by Crippen LogP contribution is 2.28. The van der Waals surface area contributed by atoms with Crippen LogP contribution in [0, 0.1) is 12.8 Å². The van der Waals surface area contributed by atoms with Crippen molar-refractivity contribution in [3.8, 4) is 5.75 Å². The monoisotopic (exact) mass is 396 g/mol. The lowest BCUT2D eigenvalue weighted by Crippen LogP contribution is -2.28. The largest absolute Gasteiger partial charge is 0.482 e. The fourth-order valence-electron chi connectivity index (χ4n) is 3.29. The molecule has 0 radical (unpaired) electrons. The SMILES string of the molecule is CCc1ccc(N2CC(C(=O)Nc3ccc(OCC(=O)O)cc3C)CC2=O)cc1. The average molecular weight is 396 g/mol. The predicted octanol–water partition coefficient (Wildman–Crippen LogP) is 3.01. The zero-order valence-electron chi connectivity index (χ0n) is 16.5. The Hall–Kier alpha value is -3.35. The van der Waals surface area contributed by atoms with E-state index in [9.17, 15) is 14.4 Å². The van der Waals surface area contributed by atoms with Gasteiger partial charge in [-0.05, 0) is 54.8 Å². The van der Waals surface area contributed by atoms with Gasteiger partial charge in [0.2, 0.25) is 11.8 Å². The second-order valence-corrected chi connectivity index (χ2v) is 7.07. The van der Waals surface area contributed by atoms with Gasteiger partial charge in [-0.2, -0.15) is 0 Å². The number of carbonyl (C=O) groups excluding carboxylic acids is 2. The molecule has 2 N–H and O–H groups in total. The zero-order chi connectivity index (χ0) is 21.0. The highest BCUT2D eigenvalue weighted by atomic mass is 16.5. The van der Waals surface area contributed by atoms with Gasteiger partial charge < -0.3 is 20.1 Å². The Morgan fingerprint density at radius 1 is 1.21 bits per heavy atom. The number of amides is 2. The summed E-state index contributed by atoms with van der Waals surface area (Å²) >= 11 is 0. The predicted molar refractivity (Wildman–Crippen MR) is 109 cm³/mol. The number of rotatable bonds is 7. The second-order valence-electron chi connectivity index (χ2n) is 7.07. The molecule has 0 spiro atoms. The number of carboxylic acids is 1. The summed E-state index contributed by atoms with van der Waals surface area (Å²) in [5.41, 5.74) is 3.35. The molecule has 0 aromatic heterocycles. The van der Waals surface area contributed by atoms with E-state index in [1.54, 1.807) is 30.0 Å². The van der Waals surface area contributed by atoms with Crippen LogP contribution in [0.4, 0.5) is 11.4 Å². The molecule has 0 saturated carbocycles. The lowest BCUT2D eigenvalue weighted by Gasteiger charge is -2.17. The molecule has 3 rings (SSSR count). The van der Waals surface area contributed by atoms with Crippen LogP contribution in [0.2, 0.25) is 0 Å². The van der Waals surface area contributed by atoms with Gasteiger partial charge in [-0.15, -0.1) is 0 Å². The van der Waals surface area contributed by atoms with Crippen LogP contribution in [0.3, 0.4) is 0 Å². The molecule has 1 fully saturated rings. The maximum atomic E-state index is 12.7. The van der Waals surface area contributed by atoms with Gasteiger partial charge in [0.05, 0.1) is 5.92 Å². The van der Waals surface area contributed by atoms with Gasteiger partial charge in [0, 0.05) is 24.3 Å². The van der Waals surface area contributed by atoms with E-state index in [1.807, 2.05) is 24.3 Å². The molecule has 1 atom stereocenters. The van der Waals surface area contributed by atoms with Crippen molar-refractivity contribution >= 4 is 29.2 Å². The molecule has 0 bridgehead atoms. The van der Waals surface area contributed by atoms with Crippen molar-refractivity contribution in [2.45, 2.75) is 26.7 Å². The minimum Gasteiger partial charge on any atom is -0.482 e. The topological polar surface area (TPSA) is 95.9 Å². The summed E-state index contributed by atoms with van der Waals surface area (Å²) in [5.74, 6) is -1.35. The molecule has 1 aliphatic rings. The molecule has 1 saturated heterocycles. The van der Waals surface area contributed by atoms with E-state index < -0.39 is 18.5 Å². The van der Waals surface area contributed by atoms with Gasteiger partial charge in [0.15, 0.2) is 6.61 Å². The van der Waals surface area contributed by atoms with E-state index in [-0.39, 0.29) is 18.2 Å². The van der Waals surface area contributed by atoms with Gasteiger partial charge >= 0.3 is 5.97 Å². The van der Waals surface area contributed by atoms with Crippen molar-refractivity contribution in [2.75, 3.05) is 23.4 Å². The Morgan fingerprint density at radius 2 is 1.93 bits per heavy atom. The number of benzene rings is 2. The smallest absolute Gasteiger partial charge is 0.341 e. The minimum atomic E-state index is -1.06. The van der Waals surface area contributed by atoms with Crippen LogP contribution < -0.4 is 15.0 Å². The van der Waals surface area contributed by atoms with E-state index in [2.05, 4.69) is 12.2 Å². The summed E-state index contributed by atoms with van der Waals surface area (Å²) in [5, 5.41) is 11.5. The van der Waals surface area contributed by atoms with Crippen LogP contribution in [0.1, 0.15) is 24.5 Å². The summed E-state index contributed by atoms with van der Waals surface area (Å²) in [6, 6.07) is 12.8. The number of anilines is 2. The number of carbonyl (C=O) groups is 3. The molecule has 1 aliphatic heterocycles. The number of carboxylic acid groups (broad SMARTS) is 1. The number of ether oxygens (including phenoxy) is 1. The quantitative estimate of drug-likeness (QED) is 0.750. The maximum absolute atomic E-state index is 12.7. The fourth-order valence-corrected chi connectivity index (χ4v) is 3.29. The number of nitrogens with zero attached hydrogens (tertiary/aromatic N) is 1. The van der Waals surface area contributed by atoms with Crippen molar-refractivity contribution < 1.29 is 24.2 Å². The van der Waals surface area contributed by atoms with E-state index >= 15 is 0 Å². The molecular formula is C22H24N2O5. The van der Waals surface area contributed by atoms with Crippen LogP contribution in [0.25, 0.3) is 0 Å². The number of aryl methyl sites for hydroxylation is 2. The maximum Gasteiger partial charge on any atom is 0.341 e. The summed E-state index contributed by atoms with van der Waals surface area (Å²) in [7, 11) is 0. The summed E-state index contributed by atoms with van der Waals surface area (Å²) in [6.45, 7) is 3.78. The fraction of sp³-hybridized carbons (Fsp3) is 0.318. The molecule has 7 heteroatoms. The Balaban J connectivity index is 1.63. The average Bonchev–Trinajstić information content (AvgIpc) is 3.10. The standard InChI is InChI=1S/C22H24N2O5/c1-3-15-4-6-17(7-5-15)24-12-16(11-20(24)25)22(28)23-19-9-8-18(10-14(19)2)29-13-21(26)27/h4-10,16H,3,11-13H2,1-2H3,(H,23,28)(H,26,27). The van der Waals surface area contributed by atoms with Crippen molar-refractivity contribution in [1.29, 1.82) is 0 Å². The van der Waals surface area contributed by atoms with Crippen LogP contribution in [-0.4, -0.2) is 36.0 Å². The summed E-state index contributed by atoms with van der Waals surface area (Å²) in [6.07, 6.45) is 1.10. The van der Waals surface area contributed by atoms with Gasteiger partial charge in [-0.1, -0.05) is 19.1 Å². The second kappa shape index (κ2) is 8.77. The number of nitrogens with one attached hydrogen (secondary N) is 1. The number of aliphatic carboxylic acids is 1. The van der Waals surface area contributed by atoms with Gasteiger partial charge in [-0.25, -0.2) is 4.79 Å². The van der Waals surface area contributed by atoms with Crippen molar-refractivity contribution in [2.24, 2.45) is 5.92 Å². The van der Waals surface area contributed by atoms with Crippen LogP contribution in [0.15, 0.2) is 42.5 Å². The van der Waals surface area contributed by atoms with E-state index in [4.69, 9.17) is 9.84 Å². The molecule has 1 unspecified atom stereocenters. The van der Waals surface area contributed by atoms with Gasteiger partial charge in [0.1, 0.15) is 5.75 Å². The molecule has 29 heavy (non-hydrogen) atoms. The Kier molecular flexibility index (Phi) is 6.16. The highest BCUT2D eigenvalue weighted by molar-refractivity contribution is 6.03. The molecular weight excluding hydrogens is 372 g/mol. The number of hydrogen-bond acceptors (Lipinski definition) is 4. The van der Waals surface area contributed by atoms with Crippen LogP contribution in [0.5, 0.6) is 5.75 Å². The lowest BCUT2D eigenvalue weighted by atomic mass is 10.1. The van der Waals surface area contributed by atoms with Crippen molar-refractivity contribution in [3.05, 3.63) is 53.6 Å². The summed E-state index contributed by atoms with van der Waals surface area (Å²) in [4.78, 5) is 37.4.